The first-order valence-electron chi connectivity index (χ1n) is 5.99. The van der Waals surface area contributed by atoms with E-state index >= 15 is 0 Å². The van der Waals surface area contributed by atoms with Crippen LogP contribution in [0.1, 0.15) is 40.0 Å². The highest BCUT2D eigenvalue weighted by atomic mass is 16.4. The lowest BCUT2D eigenvalue weighted by molar-refractivity contribution is -0.144. The molecule has 0 radical (unpaired) electrons. The first kappa shape index (κ1) is 12.5. The van der Waals surface area contributed by atoms with Gasteiger partial charge in [-0.3, -0.25) is 9.69 Å². The van der Waals surface area contributed by atoms with Gasteiger partial charge in [0.15, 0.2) is 0 Å². The fourth-order valence-electron chi connectivity index (χ4n) is 2.43. The summed E-state index contributed by atoms with van der Waals surface area (Å²) >= 11 is 0. The maximum Gasteiger partial charge on any atom is 0.308 e. The lowest BCUT2D eigenvalue weighted by Crippen LogP contribution is -2.42. The summed E-state index contributed by atoms with van der Waals surface area (Å²) in [5, 5.41) is 9.16. The molecule has 1 rings (SSSR count). The van der Waals surface area contributed by atoms with Gasteiger partial charge in [0.25, 0.3) is 0 Å². The van der Waals surface area contributed by atoms with Gasteiger partial charge in [-0.1, -0.05) is 20.3 Å². The van der Waals surface area contributed by atoms with Gasteiger partial charge in [0.1, 0.15) is 0 Å². The fourth-order valence-corrected chi connectivity index (χ4v) is 2.43. The van der Waals surface area contributed by atoms with Gasteiger partial charge in [-0.05, 0) is 32.2 Å². The van der Waals surface area contributed by atoms with Gasteiger partial charge < -0.3 is 5.11 Å². The van der Waals surface area contributed by atoms with Crippen LogP contribution in [0.4, 0.5) is 0 Å². The Labute approximate surface area is 92.5 Å². The molecule has 0 aliphatic carbocycles. The fraction of sp³-hybridized carbons (Fsp3) is 0.917. The molecule has 3 nitrogen and oxygen atoms in total. The minimum absolute atomic E-state index is 0.175. The van der Waals surface area contributed by atoms with Crippen LogP contribution in [0.25, 0.3) is 0 Å². The third-order valence-corrected chi connectivity index (χ3v) is 3.29. The number of aliphatic carboxylic acids is 1. The summed E-state index contributed by atoms with van der Waals surface area (Å²) in [6, 6.07) is 0.187. The van der Waals surface area contributed by atoms with Crippen molar-refractivity contribution in [3.05, 3.63) is 0 Å². The van der Waals surface area contributed by atoms with Crippen LogP contribution < -0.4 is 0 Å². The van der Waals surface area contributed by atoms with Gasteiger partial charge in [-0.15, -0.1) is 0 Å². The zero-order valence-electron chi connectivity index (χ0n) is 10.1. The number of rotatable bonds is 3. The van der Waals surface area contributed by atoms with Crippen LogP contribution in [0.2, 0.25) is 0 Å². The first-order chi connectivity index (χ1) is 7.02. The van der Waals surface area contributed by atoms with Crippen molar-refractivity contribution >= 4 is 5.97 Å². The quantitative estimate of drug-likeness (QED) is 0.781. The molecule has 0 spiro atoms. The molecule has 0 aromatic heterocycles. The number of hydrogen-bond donors (Lipinski definition) is 1. The molecular weight excluding hydrogens is 190 g/mol. The second-order valence-electron chi connectivity index (χ2n) is 5.07. The Kier molecular flexibility index (Phi) is 4.58. The normalized spacial score (nSPS) is 29.1. The van der Waals surface area contributed by atoms with Crippen LogP contribution in [-0.4, -0.2) is 35.1 Å². The monoisotopic (exact) mass is 213 g/mol. The van der Waals surface area contributed by atoms with Gasteiger partial charge in [-0.25, -0.2) is 0 Å². The van der Waals surface area contributed by atoms with E-state index in [4.69, 9.17) is 5.11 Å². The van der Waals surface area contributed by atoms with Crippen LogP contribution in [0, 0.1) is 11.8 Å². The van der Waals surface area contributed by atoms with Crippen molar-refractivity contribution in [3.8, 4) is 0 Å². The molecule has 1 aliphatic heterocycles. The van der Waals surface area contributed by atoms with Crippen molar-refractivity contribution in [2.75, 3.05) is 13.1 Å². The van der Waals surface area contributed by atoms with Gasteiger partial charge in [0.2, 0.25) is 0 Å². The SMILES string of the molecule is CC(C)CN1CCCC[C@H](C(=O)O)[C@H]1C. The molecule has 1 N–H and O–H groups in total. The lowest BCUT2D eigenvalue weighted by atomic mass is 9.96. The Morgan fingerprint density at radius 3 is 2.67 bits per heavy atom. The minimum Gasteiger partial charge on any atom is -0.481 e. The van der Waals surface area contributed by atoms with E-state index in [2.05, 4.69) is 25.7 Å². The van der Waals surface area contributed by atoms with Crippen molar-refractivity contribution in [3.63, 3.8) is 0 Å². The summed E-state index contributed by atoms with van der Waals surface area (Å²) in [5.74, 6) is -0.190. The number of carboxylic acid groups (broad SMARTS) is 1. The summed E-state index contributed by atoms with van der Waals surface area (Å²) in [5.41, 5.74) is 0. The second kappa shape index (κ2) is 5.50. The van der Waals surface area contributed by atoms with Crippen molar-refractivity contribution in [2.24, 2.45) is 11.8 Å². The molecule has 88 valence electrons. The predicted octanol–water partition coefficient (Wildman–Crippen LogP) is 2.22. The zero-order valence-corrected chi connectivity index (χ0v) is 10.1. The van der Waals surface area contributed by atoms with E-state index in [1.807, 2.05) is 0 Å². The molecule has 1 aliphatic rings. The Morgan fingerprint density at radius 1 is 1.47 bits per heavy atom. The second-order valence-corrected chi connectivity index (χ2v) is 5.07. The molecule has 0 aromatic rings. The maximum atomic E-state index is 11.1. The molecule has 2 atom stereocenters. The van der Waals surface area contributed by atoms with Crippen LogP contribution in [0.5, 0.6) is 0 Å². The first-order valence-corrected chi connectivity index (χ1v) is 5.99. The topological polar surface area (TPSA) is 40.5 Å². The molecule has 0 aromatic carbocycles. The van der Waals surface area contributed by atoms with E-state index in [1.165, 1.54) is 0 Å². The van der Waals surface area contributed by atoms with Gasteiger partial charge in [0.05, 0.1) is 5.92 Å². The number of carboxylic acids is 1. The van der Waals surface area contributed by atoms with E-state index in [9.17, 15) is 4.79 Å². The highest BCUT2D eigenvalue weighted by molar-refractivity contribution is 5.70. The van der Waals surface area contributed by atoms with Gasteiger partial charge in [0, 0.05) is 12.6 Å². The van der Waals surface area contributed by atoms with Gasteiger partial charge >= 0.3 is 5.97 Å². The largest absolute Gasteiger partial charge is 0.481 e. The van der Waals surface area contributed by atoms with E-state index in [0.29, 0.717) is 5.92 Å². The molecule has 0 bridgehead atoms. The maximum absolute atomic E-state index is 11.1. The van der Waals surface area contributed by atoms with E-state index in [0.717, 1.165) is 32.4 Å². The Balaban J connectivity index is 2.65. The van der Waals surface area contributed by atoms with Crippen molar-refractivity contribution in [1.29, 1.82) is 0 Å². The summed E-state index contributed by atoms with van der Waals surface area (Å²) in [4.78, 5) is 13.5. The molecule has 0 saturated carbocycles. The number of likely N-dealkylation sites (tertiary alicyclic amines) is 1. The average Bonchev–Trinajstić information content (AvgIpc) is 2.29. The number of carbonyl (C=O) groups is 1. The Hall–Kier alpha value is -0.570. The molecule has 0 unspecified atom stereocenters. The molecular formula is C12H23NO2. The van der Waals surface area contributed by atoms with Crippen LogP contribution in [-0.2, 0) is 4.79 Å². The average molecular weight is 213 g/mol. The predicted molar refractivity (Wildman–Crippen MR) is 60.8 cm³/mol. The standard InChI is InChI=1S/C12H23NO2/c1-9(2)8-13-7-5-4-6-11(10(13)3)12(14)15/h9-11H,4-8H2,1-3H3,(H,14,15)/t10-,11+/m1/s1. The van der Waals surface area contributed by atoms with E-state index < -0.39 is 5.97 Å². The minimum atomic E-state index is -0.627. The molecule has 1 fully saturated rings. The Bertz CT molecular complexity index is 216. The summed E-state index contributed by atoms with van der Waals surface area (Å²) in [6.07, 6.45) is 3.03. The van der Waals surface area contributed by atoms with Crippen LogP contribution >= 0.6 is 0 Å². The van der Waals surface area contributed by atoms with Gasteiger partial charge in [-0.2, -0.15) is 0 Å². The van der Waals surface area contributed by atoms with E-state index in [1.54, 1.807) is 0 Å². The molecule has 1 saturated heterocycles. The number of nitrogens with zero attached hydrogens (tertiary/aromatic N) is 1. The summed E-state index contributed by atoms with van der Waals surface area (Å²) in [7, 11) is 0. The summed E-state index contributed by atoms with van der Waals surface area (Å²) in [6.45, 7) is 8.52. The lowest BCUT2D eigenvalue weighted by Gasteiger charge is -2.31. The Morgan fingerprint density at radius 2 is 2.13 bits per heavy atom. The highest BCUT2D eigenvalue weighted by Crippen LogP contribution is 2.23. The zero-order chi connectivity index (χ0) is 11.4. The number of hydrogen-bond acceptors (Lipinski definition) is 2. The van der Waals surface area contributed by atoms with Crippen molar-refractivity contribution in [1.82, 2.24) is 4.90 Å². The third kappa shape index (κ3) is 3.49. The molecule has 1 heterocycles. The molecule has 3 heteroatoms. The molecule has 15 heavy (non-hydrogen) atoms. The molecule has 0 amide bonds. The van der Waals surface area contributed by atoms with Crippen molar-refractivity contribution < 1.29 is 9.90 Å². The summed E-state index contributed by atoms with van der Waals surface area (Å²) < 4.78 is 0. The van der Waals surface area contributed by atoms with Crippen molar-refractivity contribution in [2.45, 2.75) is 46.1 Å². The third-order valence-electron chi connectivity index (χ3n) is 3.29. The van der Waals surface area contributed by atoms with E-state index in [-0.39, 0.29) is 12.0 Å². The highest BCUT2D eigenvalue weighted by Gasteiger charge is 2.31. The smallest absolute Gasteiger partial charge is 0.308 e. The van der Waals surface area contributed by atoms with Crippen LogP contribution in [0.3, 0.4) is 0 Å². The van der Waals surface area contributed by atoms with Crippen LogP contribution in [0.15, 0.2) is 0 Å².